The van der Waals surface area contributed by atoms with Gasteiger partial charge in [-0.1, -0.05) is 0 Å². The number of carbonyl (C=O) groups is 1. The molecule has 0 unspecified atom stereocenters. The van der Waals surface area contributed by atoms with Crippen LogP contribution < -0.4 is 5.32 Å². The minimum Gasteiger partial charge on any atom is -0.312 e. The van der Waals surface area contributed by atoms with Crippen molar-refractivity contribution < 1.29 is 4.79 Å². The van der Waals surface area contributed by atoms with Gasteiger partial charge in [-0.2, -0.15) is 5.10 Å². The monoisotopic (exact) mass is 193 g/mol. The van der Waals surface area contributed by atoms with Crippen molar-refractivity contribution in [2.45, 2.75) is 32.9 Å². The molecule has 0 fully saturated rings. The molecule has 0 atom stereocenters. The van der Waals surface area contributed by atoms with Gasteiger partial charge in [0, 0.05) is 36.8 Å². The molecular weight excluding hydrogens is 178 g/mol. The summed E-state index contributed by atoms with van der Waals surface area (Å²) in [4.78, 5) is 10.8. The third kappa shape index (κ3) is 1.35. The van der Waals surface area contributed by atoms with Crippen LogP contribution in [0.25, 0.3) is 0 Å². The molecule has 2 heterocycles. The lowest BCUT2D eigenvalue weighted by Gasteiger charge is -2.16. The Bertz CT molecular complexity index is 354. The van der Waals surface area contributed by atoms with Gasteiger partial charge in [-0.05, 0) is 13.8 Å². The fraction of sp³-hybridized carbons (Fsp3) is 0.600. The van der Waals surface area contributed by atoms with Gasteiger partial charge in [0.2, 0.25) is 0 Å². The molecule has 0 saturated heterocycles. The van der Waals surface area contributed by atoms with Crippen molar-refractivity contribution >= 4 is 6.29 Å². The first-order valence-electron chi connectivity index (χ1n) is 5.00. The SMILES string of the molecule is CC(C)n1nc(C=O)c2c1CCNC2. The normalized spacial score (nSPS) is 15.6. The average Bonchev–Trinajstić information content (AvgIpc) is 2.56. The van der Waals surface area contributed by atoms with E-state index in [1.165, 1.54) is 5.69 Å². The van der Waals surface area contributed by atoms with Crippen LogP contribution in [0.2, 0.25) is 0 Å². The Kier molecular flexibility index (Phi) is 2.37. The molecule has 4 heteroatoms. The van der Waals surface area contributed by atoms with Gasteiger partial charge in [0.05, 0.1) is 0 Å². The van der Waals surface area contributed by atoms with E-state index in [9.17, 15) is 4.79 Å². The second kappa shape index (κ2) is 3.53. The fourth-order valence-corrected chi connectivity index (χ4v) is 1.92. The van der Waals surface area contributed by atoms with Crippen LogP contribution in [0.1, 0.15) is 41.6 Å². The van der Waals surface area contributed by atoms with E-state index in [4.69, 9.17) is 0 Å². The third-order valence-corrected chi connectivity index (χ3v) is 2.59. The van der Waals surface area contributed by atoms with Gasteiger partial charge in [-0.15, -0.1) is 0 Å². The smallest absolute Gasteiger partial charge is 0.170 e. The molecule has 4 nitrogen and oxygen atoms in total. The summed E-state index contributed by atoms with van der Waals surface area (Å²) in [6.45, 7) is 5.92. The van der Waals surface area contributed by atoms with Gasteiger partial charge in [0.25, 0.3) is 0 Å². The van der Waals surface area contributed by atoms with Crippen LogP contribution in [0.15, 0.2) is 0 Å². The molecule has 0 bridgehead atoms. The summed E-state index contributed by atoms with van der Waals surface area (Å²) < 4.78 is 1.97. The maximum atomic E-state index is 10.8. The summed E-state index contributed by atoms with van der Waals surface area (Å²) in [7, 11) is 0. The van der Waals surface area contributed by atoms with Crippen molar-refractivity contribution in [3.8, 4) is 0 Å². The summed E-state index contributed by atoms with van der Waals surface area (Å²) >= 11 is 0. The number of fused-ring (bicyclic) bond motifs is 1. The van der Waals surface area contributed by atoms with E-state index in [1.54, 1.807) is 0 Å². The summed E-state index contributed by atoms with van der Waals surface area (Å²) in [5.74, 6) is 0. The van der Waals surface area contributed by atoms with Crippen molar-refractivity contribution in [3.63, 3.8) is 0 Å². The van der Waals surface area contributed by atoms with Crippen LogP contribution in [0.3, 0.4) is 0 Å². The predicted octanol–water partition coefficient (Wildman–Crippen LogP) is 0.922. The zero-order chi connectivity index (χ0) is 10.1. The van der Waals surface area contributed by atoms with Crippen molar-refractivity contribution in [3.05, 3.63) is 17.0 Å². The highest BCUT2D eigenvalue weighted by Gasteiger charge is 2.20. The van der Waals surface area contributed by atoms with E-state index < -0.39 is 0 Å². The number of hydrogen-bond donors (Lipinski definition) is 1. The number of aromatic nitrogens is 2. The molecule has 0 saturated carbocycles. The van der Waals surface area contributed by atoms with Crippen molar-refractivity contribution in [1.29, 1.82) is 0 Å². The maximum absolute atomic E-state index is 10.8. The topological polar surface area (TPSA) is 46.9 Å². The van der Waals surface area contributed by atoms with E-state index in [1.807, 2.05) is 4.68 Å². The summed E-state index contributed by atoms with van der Waals surface area (Å²) in [6, 6.07) is 0.329. The summed E-state index contributed by atoms with van der Waals surface area (Å²) in [5.41, 5.74) is 2.90. The number of carbonyl (C=O) groups excluding carboxylic acids is 1. The van der Waals surface area contributed by atoms with Gasteiger partial charge in [-0.3, -0.25) is 9.48 Å². The van der Waals surface area contributed by atoms with E-state index >= 15 is 0 Å². The largest absolute Gasteiger partial charge is 0.312 e. The predicted molar refractivity (Wildman–Crippen MR) is 53.4 cm³/mol. The first kappa shape index (κ1) is 9.40. The highest BCUT2D eigenvalue weighted by molar-refractivity contribution is 5.74. The first-order chi connectivity index (χ1) is 6.74. The molecule has 1 aromatic rings. The quantitative estimate of drug-likeness (QED) is 0.710. The summed E-state index contributed by atoms with van der Waals surface area (Å²) in [5, 5.41) is 7.57. The molecule has 1 N–H and O–H groups in total. The molecule has 14 heavy (non-hydrogen) atoms. The highest BCUT2D eigenvalue weighted by Crippen LogP contribution is 2.20. The van der Waals surface area contributed by atoms with Crippen molar-refractivity contribution in [2.24, 2.45) is 0 Å². The Balaban J connectivity index is 2.52. The lowest BCUT2D eigenvalue weighted by atomic mass is 10.1. The van der Waals surface area contributed by atoms with Crippen molar-refractivity contribution in [1.82, 2.24) is 15.1 Å². The third-order valence-electron chi connectivity index (χ3n) is 2.59. The number of nitrogens with one attached hydrogen (secondary N) is 1. The lowest BCUT2D eigenvalue weighted by Crippen LogP contribution is -2.25. The molecule has 76 valence electrons. The second-order valence-corrected chi connectivity index (χ2v) is 3.89. The maximum Gasteiger partial charge on any atom is 0.170 e. The number of aldehydes is 1. The van der Waals surface area contributed by atoms with Gasteiger partial charge in [0.15, 0.2) is 6.29 Å². The van der Waals surface area contributed by atoms with E-state index in [0.29, 0.717) is 11.7 Å². The minimum absolute atomic E-state index is 0.329. The fourth-order valence-electron chi connectivity index (χ4n) is 1.92. The first-order valence-corrected chi connectivity index (χ1v) is 5.00. The van der Waals surface area contributed by atoms with Crippen LogP contribution in [-0.2, 0) is 13.0 Å². The number of nitrogens with zero attached hydrogens (tertiary/aromatic N) is 2. The van der Waals surface area contributed by atoms with Gasteiger partial charge >= 0.3 is 0 Å². The van der Waals surface area contributed by atoms with Crippen LogP contribution in [0, 0.1) is 0 Å². The summed E-state index contributed by atoms with van der Waals surface area (Å²) in [6.07, 6.45) is 1.82. The van der Waals surface area contributed by atoms with Gasteiger partial charge in [0.1, 0.15) is 5.69 Å². The number of hydrogen-bond acceptors (Lipinski definition) is 3. The lowest BCUT2D eigenvalue weighted by molar-refractivity contribution is 0.111. The molecule has 1 aromatic heterocycles. The molecule has 2 rings (SSSR count). The standard InChI is InChI=1S/C10H15N3O/c1-7(2)13-10-3-4-11-5-8(10)9(6-14)12-13/h6-7,11H,3-5H2,1-2H3. The van der Waals surface area contributed by atoms with E-state index in [2.05, 4.69) is 24.3 Å². The Morgan fingerprint density at radius 2 is 2.36 bits per heavy atom. The average molecular weight is 193 g/mol. The zero-order valence-corrected chi connectivity index (χ0v) is 8.58. The van der Waals surface area contributed by atoms with Gasteiger partial charge < -0.3 is 5.32 Å². The van der Waals surface area contributed by atoms with Gasteiger partial charge in [-0.25, -0.2) is 0 Å². The van der Waals surface area contributed by atoms with Crippen molar-refractivity contribution in [2.75, 3.05) is 6.54 Å². The minimum atomic E-state index is 0.329. The Labute approximate surface area is 83.3 Å². The van der Waals surface area contributed by atoms with E-state index in [0.717, 1.165) is 31.4 Å². The van der Waals surface area contributed by atoms with Crippen LogP contribution in [-0.4, -0.2) is 22.6 Å². The zero-order valence-electron chi connectivity index (χ0n) is 8.58. The van der Waals surface area contributed by atoms with Crippen LogP contribution in [0.4, 0.5) is 0 Å². The molecule has 0 amide bonds. The molecule has 0 aliphatic carbocycles. The Morgan fingerprint density at radius 1 is 1.57 bits per heavy atom. The molecule has 0 radical (unpaired) electrons. The van der Waals surface area contributed by atoms with E-state index in [-0.39, 0.29) is 0 Å². The molecule has 1 aliphatic rings. The molecule has 0 spiro atoms. The second-order valence-electron chi connectivity index (χ2n) is 3.89. The highest BCUT2D eigenvalue weighted by atomic mass is 16.1. The number of rotatable bonds is 2. The Morgan fingerprint density at radius 3 is 3.00 bits per heavy atom. The van der Waals surface area contributed by atoms with Crippen LogP contribution >= 0.6 is 0 Å². The molecule has 1 aliphatic heterocycles. The Hall–Kier alpha value is -1.16. The molecule has 0 aromatic carbocycles. The van der Waals surface area contributed by atoms with Crippen LogP contribution in [0.5, 0.6) is 0 Å². The molecular formula is C10H15N3O.